The number of benzene rings is 1. The molecule has 104 valence electrons. The zero-order valence-corrected chi connectivity index (χ0v) is 10.5. The second kappa shape index (κ2) is 8.06. The maximum absolute atomic E-state index is 11.5. The van der Waals surface area contributed by atoms with Crippen molar-refractivity contribution in [1.82, 2.24) is 5.32 Å². The molecule has 0 heterocycles. The summed E-state index contributed by atoms with van der Waals surface area (Å²) in [5, 5.41) is 5.25. The minimum absolute atomic E-state index is 0.151. The van der Waals surface area contributed by atoms with Gasteiger partial charge in [0, 0.05) is 18.8 Å². The molecule has 7 heteroatoms. The van der Waals surface area contributed by atoms with Crippen molar-refractivity contribution in [2.45, 2.75) is 6.54 Å². The average molecular weight is 266 g/mol. The van der Waals surface area contributed by atoms with Gasteiger partial charge in [-0.25, -0.2) is 4.79 Å². The van der Waals surface area contributed by atoms with Crippen LogP contribution in [0.15, 0.2) is 24.3 Å². The van der Waals surface area contributed by atoms with Crippen molar-refractivity contribution in [3.63, 3.8) is 0 Å². The van der Waals surface area contributed by atoms with E-state index in [-0.39, 0.29) is 25.8 Å². The van der Waals surface area contributed by atoms with Gasteiger partial charge in [-0.15, -0.1) is 0 Å². The lowest BCUT2D eigenvalue weighted by molar-refractivity contribution is -0.122. The predicted octanol–water partition coefficient (Wildman–Crippen LogP) is -0.231. The van der Waals surface area contributed by atoms with E-state index in [0.717, 1.165) is 5.56 Å². The Morgan fingerprint density at radius 3 is 2.79 bits per heavy atom. The van der Waals surface area contributed by atoms with Gasteiger partial charge < -0.3 is 26.8 Å². The maximum Gasteiger partial charge on any atom is 0.319 e. The van der Waals surface area contributed by atoms with Gasteiger partial charge in [-0.3, -0.25) is 4.79 Å². The molecule has 0 bridgehead atoms. The zero-order valence-electron chi connectivity index (χ0n) is 10.5. The van der Waals surface area contributed by atoms with Crippen LogP contribution in [0.2, 0.25) is 0 Å². The Morgan fingerprint density at radius 2 is 2.11 bits per heavy atom. The van der Waals surface area contributed by atoms with Crippen molar-refractivity contribution in [2.75, 3.05) is 25.1 Å². The molecule has 0 aliphatic carbocycles. The van der Waals surface area contributed by atoms with Gasteiger partial charge in [0.05, 0.1) is 6.61 Å². The molecular formula is C12H18N4O3. The molecule has 0 aliphatic rings. The van der Waals surface area contributed by atoms with E-state index in [1.807, 2.05) is 12.1 Å². The molecule has 0 saturated carbocycles. The third kappa shape index (κ3) is 6.39. The summed E-state index contributed by atoms with van der Waals surface area (Å²) in [4.78, 5) is 21.9. The van der Waals surface area contributed by atoms with Crippen molar-refractivity contribution >= 4 is 17.6 Å². The van der Waals surface area contributed by atoms with E-state index in [4.69, 9.17) is 16.2 Å². The quantitative estimate of drug-likeness (QED) is 0.509. The summed E-state index contributed by atoms with van der Waals surface area (Å²) in [6.45, 7) is 0.773. The van der Waals surface area contributed by atoms with E-state index >= 15 is 0 Å². The van der Waals surface area contributed by atoms with Crippen LogP contribution in [0, 0.1) is 0 Å². The third-order valence-electron chi connectivity index (χ3n) is 2.20. The fourth-order valence-corrected chi connectivity index (χ4v) is 1.36. The molecule has 0 radical (unpaired) electrons. The molecular weight excluding hydrogens is 248 g/mol. The monoisotopic (exact) mass is 266 g/mol. The van der Waals surface area contributed by atoms with Crippen LogP contribution in [-0.2, 0) is 16.1 Å². The van der Waals surface area contributed by atoms with Gasteiger partial charge in [-0.2, -0.15) is 0 Å². The van der Waals surface area contributed by atoms with Crippen molar-refractivity contribution in [1.29, 1.82) is 0 Å². The number of urea groups is 1. The van der Waals surface area contributed by atoms with Crippen LogP contribution in [0.5, 0.6) is 0 Å². The highest BCUT2D eigenvalue weighted by Gasteiger charge is 2.01. The average Bonchev–Trinajstić information content (AvgIpc) is 2.38. The standard InChI is InChI=1S/C12H18N4O3/c13-7-9-2-1-3-10(6-9)16-12(18)15-4-5-19-8-11(14)17/h1-3,6H,4-5,7-8,13H2,(H2,14,17)(H2,15,16,18). The largest absolute Gasteiger partial charge is 0.370 e. The zero-order chi connectivity index (χ0) is 14.1. The van der Waals surface area contributed by atoms with E-state index in [1.165, 1.54) is 0 Å². The number of ether oxygens (including phenoxy) is 1. The molecule has 0 fully saturated rings. The van der Waals surface area contributed by atoms with Crippen LogP contribution in [0.4, 0.5) is 10.5 Å². The van der Waals surface area contributed by atoms with Crippen LogP contribution in [0.25, 0.3) is 0 Å². The maximum atomic E-state index is 11.5. The molecule has 0 aliphatic heterocycles. The van der Waals surface area contributed by atoms with Crippen molar-refractivity contribution in [3.8, 4) is 0 Å². The van der Waals surface area contributed by atoms with Gasteiger partial charge in [0.1, 0.15) is 6.61 Å². The van der Waals surface area contributed by atoms with E-state index < -0.39 is 5.91 Å². The fourth-order valence-electron chi connectivity index (χ4n) is 1.36. The van der Waals surface area contributed by atoms with E-state index in [9.17, 15) is 9.59 Å². The molecule has 6 N–H and O–H groups in total. The minimum atomic E-state index is -0.539. The smallest absolute Gasteiger partial charge is 0.319 e. The fraction of sp³-hybridized carbons (Fsp3) is 0.333. The van der Waals surface area contributed by atoms with Gasteiger partial charge in [-0.1, -0.05) is 12.1 Å². The molecule has 0 spiro atoms. The summed E-state index contributed by atoms with van der Waals surface area (Å²) >= 11 is 0. The van der Waals surface area contributed by atoms with Gasteiger partial charge in [0.25, 0.3) is 0 Å². The van der Waals surface area contributed by atoms with E-state index in [2.05, 4.69) is 10.6 Å². The van der Waals surface area contributed by atoms with Crippen molar-refractivity contribution in [2.24, 2.45) is 11.5 Å². The Balaban J connectivity index is 2.25. The highest BCUT2D eigenvalue weighted by atomic mass is 16.5. The lowest BCUT2D eigenvalue weighted by atomic mass is 10.2. The van der Waals surface area contributed by atoms with Crippen molar-refractivity contribution in [3.05, 3.63) is 29.8 Å². The summed E-state index contributed by atoms with van der Waals surface area (Å²) in [5.74, 6) is -0.539. The number of rotatable bonds is 7. The summed E-state index contributed by atoms with van der Waals surface area (Å²) in [5.41, 5.74) is 12.0. The second-order valence-electron chi connectivity index (χ2n) is 3.80. The summed E-state index contributed by atoms with van der Waals surface area (Å²) in [7, 11) is 0. The van der Waals surface area contributed by atoms with Crippen LogP contribution < -0.4 is 22.1 Å². The molecule has 1 aromatic rings. The number of nitrogens with one attached hydrogen (secondary N) is 2. The number of hydrogen-bond donors (Lipinski definition) is 4. The van der Waals surface area contributed by atoms with E-state index in [0.29, 0.717) is 12.2 Å². The Morgan fingerprint density at radius 1 is 1.32 bits per heavy atom. The molecule has 0 unspecified atom stereocenters. The van der Waals surface area contributed by atoms with Gasteiger partial charge in [0.2, 0.25) is 5.91 Å². The van der Waals surface area contributed by atoms with Crippen LogP contribution in [0.3, 0.4) is 0 Å². The lowest BCUT2D eigenvalue weighted by Crippen LogP contribution is -2.32. The number of anilines is 1. The molecule has 7 nitrogen and oxygen atoms in total. The summed E-state index contributed by atoms with van der Waals surface area (Å²) < 4.78 is 4.90. The predicted molar refractivity (Wildman–Crippen MR) is 71.4 cm³/mol. The second-order valence-corrected chi connectivity index (χ2v) is 3.80. The Labute approximate surface area is 111 Å². The number of amides is 3. The molecule has 0 atom stereocenters. The number of carbonyl (C=O) groups excluding carboxylic acids is 2. The topological polar surface area (TPSA) is 119 Å². The number of nitrogens with two attached hydrogens (primary N) is 2. The molecule has 0 saturated heterocycles. The number of carbonyl (C=O) groups is 2. The Kier molecular flexibility index (Phi) is 6.34. The molecule has 1 aromatic carbocycles. The molecule has 3 amide bonds. The first-order valence-electron chi connectivity index (χ1n) is 5.81. The molecule has 0 aromatic heterocycles. The first kappa shape index (κ1) is 14.9. The highest BCUT2D eigenvalue weighted by molar-refractivity contribution is 5.89. The van der Waals surface area contributed by atoms with Gasteiger partial charge in [0.15, 0.2) is 0 Å². The van der Waals surface area contributed by atoms with Gasteiger partial charge in [-0.05, 0) is 17.7 Å². The highest BCUT2D eigenvalue weighted by Crippen LogP contribution is 2.09. The Bertz CT molecular complexity index is 437. The first-order valence-corrected chi connectivity index (χ1v) is 5.81. The third-order valence-corrected chi connectivity index (χ3v) is 2.20. The number of hydrogen-bond acceptors (Lipinski definition) is 4. The first-order chi connectivity index (χ1) is 9.11. The number of primary amides is 1. The Hall–Kier alpha value is -2.12. The van der Waals surface area contributed by atoms with E-state index in [1.54, 1.807) is 12.1 Å². The minimum Gasteiger partial charge on any atom is -0.370 e. The SMILES string of the molecule is NCc1cccc(NC(=O)NCCOCC(N)=O)c1. The lowest BCUT2D eigenvalue weighted by Gasteiger charge is -2.08. The summed E-state index contributed by atoms with van der Waals surface area (Å²) in [6, 6.07) is 6.90. The van der Waals surface area contributed by atoms with Gasteiger partial charge >= 0.3 is 6.03 Å². The van der Waals surface area contributed by atoms with Crippen LogP contribution >= 0.6 is 0 Å². The van der Waals surface area contributed by atoms with Crippen molar-refractivity contribution < 1.29 is 14.3 Å². The van der Waals surface area contributed by atoms with Crippen LogP contribution in [0.1, 0.15) is 5.56 Å². The molecule has 19 heavy (non-hydrogen) atoms. The molecule has 1 rings (SSSR count). The normalized spacial score (nSPS) is 9.95. The summed E-state index contributed by atoms with van der Waals surface area (Å²) in [6.07, 6.45) is 0. The van der Waals surface area contributed by atoms with Crippen LogP contribution in [-0.4, -0.2) is 31.7 Å².